The van der Waals surface area contributed by atoms with Crippen molar-refractivity contribution in [3.8, 4) is 0 Å². The van der Waals surface area contributed by atoms with Gasteiger partial charge in [-0.15, -0.1) is 0 Å². The van der Waals surface area contributed by atoms with Crippen LogP contribution in [0.3, 0.4) is 0 Å². The van der Waals surface area contributed by atoms with Gasteiger partial charge in [0, 0.05) is 12.2 Å². The van der Waals surface area contributed by atoms with Crippen LogP contribution in [0.25, 0.3) is 11.0 Å². The van der Waals surface area contributed by atoms with Gasteiger partial charge in [0.05, 0.1) is 18.3 Å². The molecule has 1 aliphatic carbocycles. The Morgan fingerprint density at radius 2 is 2.24 bits per heavy atom. The number of imidazole rings is 1. The minimum atomic E-state index is -0.321. The summed E-state index contributed by atoms with van der Waals surface area (Å²) in [5.41, 5.74) is 1.92. The average molecular weight is 287 g/mol. The molecule has 112 valence electrons. The van der Waals surface area contributed by atoms with Crippen molar-refractivity contribution in [2.75, 3.05) is 6.61 Å². The molecule has 0 N–H and O–H groups in total. The molecule has 5 nitrogen and oxygen atoms in total. The van der Waals surface area contributed by atoms with Gasteiger partial charge in [-0.1, -0.05) is 13.8 Å². The molecule has 0 saturated heterocycles. The summed E-state index contributed by atoms with van der Waals surface area (Å²) in [4.78, 5) is 21.2. The Morgan fingerprint density at radius 3 is 2.86 bits per heavy atom. The molecule has 2 aromatic rings. The number of carbonyl (C=O) groups is 1. The zero-order chi connectivity index (χ0) is 15.0. The van der Waals surface area contributed by atoms with Gasteiger partial charge >= 0.3 is 5.97 Å². The zero-order valence-electron chi connectivity index (χ0n) is 12.7. The van der Waals surface area contributed by atoms with E-state index in [1.54, 1.807) is 12.4 Å². The maximum Gasteiger partial charge on any atom is 0.316 e. The zero-order valence-corrected chi connectivity index (χ0v) is 12.7. The summed E-state index contributed by atoms with van der Waals surface area (Å²) in [6.45, 7) is 6.31. The number of fused-ring (bicyclic) bond motifs is 1. The summed E-state index contributed by atoms with van der Waals surface area (Å²) in [5.74, 6) is 0.468. The standard InChI is InChI=1S/C16H21N3O2/c1-4-21-16(20)14(10(2)3)15-18-12-9-17-8-7-13(12)19(15)11-5-6-11/h7-11,14H,4-6H2,1-3H3. The molecule has 2 heterocycles. The summed E-state index contributed by atoms with van der Waals surface area (Å²) < 4.78 is 7.48. The highest BCUT2D eigenvalue weighted by Gasteiger charge is 2.36. The van der Waals surface area contributed by atoms with Crippen LogP contribution >= 0.6 is 0 Å². The number of esters is 1. The van der Waals surface area contributed by atoms with E-state index in [-0.39, 0.29) is 17.8 Å². The van der Waals surface area contributed by atoms with Crippen LogP contribution in [0.15, 0.2) is 18.5 Å². The van der Waals surface area contributed by atoms with E-state index < -0.39 is 0 Å². The molecule has 0 aromatic carbocycles. The highest BCUT2D eigenvalue weighted by Crippen LogP contribution is 2.41. The van der Waals surface area contributed by atoms with Crippen LogP contribution in [0, 0.1) is 5.92 Å². The molecule has 1 unspecified atom stereocenters. The van der Waals surface area contributed by atoms with Crippen molar-refractivity contribution in [3.05, 3.63) is 24.3 Å². The summed E-state index contributed by atoms with van der Waals surface area (Å²) in [6.07, 6.45) is 5.84. The molecular formula is C16H21N3O2. The molecular weight excluding hydrogens is 266 g/mol. The van der Waals surface area contributed by atoms with E-state index in [4.69, 9.17) is 9.72 Å². The Morgan fingerprint density at radius 1 is 1.48 bits per heavy atom. The predicted molar refractivity (Wildman–Crippen MR) is 80.0 cm³/mol. The summed E-state index contributed by atoms with van der Waals surface area (Å²) >= 11 is 0. The second-order valence-corrected chi connectivity index (χ2v) is 5.91. The number of nitrogens with zero attached hydrogens (tertiary/aromatic N) is 3. The van der Waals surface area contributed by atoms with Crippen molar-refractivity contribution >= 4 is 17.0 Å². The largest absolute Gasteiger partial charge is 0.465 e. The molecule has 0 radical (unpaired) electrons. The van der Waals surface area contributed by atoms with E-state index in [1.807, 2.05) is 26.8 Å². The van der Waals surface area contributed by atoms with E-state index in [1.165, 1.54) is 0 Å². The Labute approximate surface area is 124 Å². The fraction of sp³-hybridized carbons (Fsp3) is 0.562. The third-order valence-electron chi connectivity index (χ3n) is 3.92. The van der Waals surface area contributed by atoms with Crippen molar-refractivity contribution in [2.45, 2.75) is 45.6 Å². The lowest BCUT2D eigenvalue weighted by molar-refractivity contribution is -0.146. The number of carbonyl (C=O) groups excluding carboxylic acids is 1. The summed E-state index contributed by atoms with van der Waals surface area (Å²) in [7, 11) is 0. The van der Waals surface area contributed by atoms with Gasteiger partial charge in [-0.05, 0) is 31.7 Å². The summed E-state index contributed by atoms with van der Waals surface area (Å²) in [5, 5.41) is 0. The van der Waals surface area contributed by atoms with E-state index in [0.717, 1.165) is 29.7 Å². The number of hydrogen-bond donors (Lipinski definition) is 0. The summed E-state index contributed by atoms with van der Waals surface area (Å²) in [6, 6.07) is 2.44. The third kappa shape index (κ3) is 2.52. The minimum Gasteiger partial charge on any atom is -0.465 e. The van der Waals surface area contributed by atoms with Crippen LogP contribution in [-0.4, -0.2) is 27.1 Å². The van der Waals surface area contributed by atoms with Gasteiger partial charge in [-0.3, -0.25) is 9.78 Å². The minimum absolute atomic E-state index is 0.145. The maximum absolute atomic E-state index is 12.4. The molecule has 0 bridgehead atoms. The van der Waals surface area contributed by atoms with Crippen LogP contribution in [0.1, 0.15) is 51.4 Å². The van der Waals surface area contributed by atoms with Gasteiger partial charge in [0.2, 0.25) is 0 Å². The van der Waals surface area contributed by atoms with Gasteiger partial charge < -0.3 is 9.30 Å². The molecule has 1 aliphatic rings. The number of aromatic nitrogens is 3. The fourth-order valence-electron chi connectivity index (χ4n) is 2.81. The van der Waals surface area contributed by atoms with E-state index >= 15 is 0 Å². The Balaban J connectivity index is 2.12. The van der Waals surface area contributed by atoms with Gasteiger partial charge in [-0.25, -0.2) is 4.98 Å². The van der Waals surface area contributed by atoms with Crippen molar-refractivity contribution in [3.63, 3.8) is 0 Å². The first kappa shape index (κ1) is 14.0. The Bertz CT molecular complexity index is 659. The van der Waals surface area contributed by atoms with E-state index in [2.05, 4.69) is 9.55 Å². The average Bonchev–Trinajstić information content (AvgIpc) is 3.20. The first-order valence-corrected chi connectivity index (χ1v) is 7.62. The van der Waals surface area contributed by atoms with Crippen molar-refractivity contribution in [2.24, 2.45) is 5.92 Å². The Kier molecular flexibility index (Phi) is 3.66. The first-order valence-electron chi connectivity index (χ1n) is 7.62. The second kappa shape index (κ2) is 5.47. The van der Waals surface area contributed by atoms with Gasteiger partial charge in [0.25, 0.3) is 0 Å². The monoisotopic (exact) mass is 287 g/mol. The predicted octanol–water partition coefficient (Wildman–Crippen LogP) is 3.07. The molecule has 3 rings (SSSR count). The second-order valence-electron chi connectivity index (χ2n) is 5.91. The SMILES string of the molecule is CCOC(=O)C(c1nc2cnccc2n1C1CC1)C(C)C. The van der Waals surface area contributed by atoms with Crippen molar-refractivity contribution in [1.82, 2.24) is 14.5 Å². The third-order valence-corrected chi connectivity index (χ3v) is 3.92. The lowest BCUT2D eigenvalue weighted by atomic mass is 9.95. The smallest absolute Gasteiger partial charge is 0.316 e. The lowest BCUT2D eigenvalue weighted by Crippen LogP contribution is -2.24. The van der Waals surface area contributed by atoms with Crippen molar-refractivity contribution < 1.29 is 9.53 Å². The number of ether oxygens (including phenoxy) is 1. The van der Waals surface area contributed by atoms with Crippen LogP contribution in [-0.2, 0) is 9.53 Å². The molecule has 0 spiro atoms. The number of pyridine rings is 1. The number of rotatable bonds is 5. The molecule has 5 heteroatoms. The molecule has 0 amide bonds. The lowest BCUT2D eigenvalue weighted by Gasteiger charge is -2.20. The molecule has 1 atom stereocenters. The molecule has 1 saturated carbocycles. The van der Waals surface area contributed by atoms with E-state index in [9.17, 15) is 4.79 Å². The molecule has 0 aliphatic heterocycles. The number of hydrogen-bond acceptors (Lipinski definition) is 4. The van der Waals surface area contributed by atoms with E-state index in [0.29, 0.717) is 12.6 Å². The van der Waals surface area contributed by atoms with Crippen LogP contribution < -0.4 is 0 Å². The Hall–Kier alpha value is -1.91. The topological polar surface area (TPSA) is 57.0 Å². The van der Waals surface area contributed by atoms with Crippen molar-refractivity contribution in [1.29, 1.82) is 0 Å². The molecule has 2 aromatic heterocycles. The van der Waals surface area contributed by atoms with Crippen LogP contribution in [0.2, 0.25) is 0 Å². The maximum atomic E-state index is 12.4. The van der Waals surface area contributed by atoms with Gasteiger partial charge in [0.1, 0.15) is 17.3 Å². The molecule has 1 fully saturated rings. The normalized spacial score (nSPS) is 16.4. The first-order chi connectivity index (χ1) is 10.1. The van der Waals surface area contributed by atoms with Gasteiger partial charge in [0.15, 0.2) is 0 Å². The van der Waals surface area contributed by atoms with Crippen LogP contribution in [0.4, 0.5) is 0 Å². The van der Waals surface area contributed by atoms with Gasteiger partial charge in [-0.2, -0.15) is 0 Å². The molecule has 21 heavy (non-hydrogen) atoms. The fourth-order valence-corrected chi connectivity index (χ4v) is 2.81. The highest BCUT2D eigenvalue weighted by atomic mass is 16.5. The highest BCUT2D eigenvalue weighted by molar-refractivity contribution is 5.81. The quantitative estimate of drug-likeness (QED) is 0.793. The van der Waals surface area contributed by atoms with Crippen LogP contribution in [0.5, 0.6) is 0 Å².